The van der Waals surface area contributed by atoms with E-state index in [0.29, 0.717) is 12.6 Å². The van der Waals surface area contributed by atoms with Gasteiger partial charge in [-0.2, -0.15) is 0 Å². The van der Waals surface area contributed by atoms with Crippen molar-refractivity contribution in [1.82, 2.24) is 4.90 Å². The lowest BCUT2D eigenvalue weighted by atomic mass is 10.0. The summed E-state index contributed by atoms with van der Waals surface area (Å²) in [7, 11) is 0. The Morgan fingerprint density at radius 1 is 1.35 bits per heavy atom. The van der Waals surface area contributed by atoms with Crippen LogP contribution in [0, 0.1) is 0 Å². The number of piperazine rings is 1. The fourth-order valence-corrected chi connectivity index (χ4v) is 4.12. The van der Waals surface area contributed by atoms with Crippen molar-refractivity contribution in [1.29, 1.82) is 0 Å². The molecule has 2 N–H and O–H groups in total. The second kappa shape index (κ2) is 6.04. The van der Waals surface area contributed by atoms with E-state index < -0.39 is 0 Å². The molecule has 0 spiro atoms. The van der Waals surface area contributed by atoms with Gasteiger partial charge < -0.3 is 10.6 Å². The molecule has 2 saturated heterocycles. The normalized spacial score (nSPS) is 26.9. The molecule has 0 radical (unpaired) electrons. The highest BCUT2D eigenvalue weighted by Gasteiger charge is 2.34. The first-order valence-corrected chi connectivity index (χ1v) is 8.47. The van der Waals surface area contributed by atoms with E-state index in [4.69, 9.17) is 5.73 Å². The number of rotatable bonds is 3. The van der Waals surface area contributed by atoms with E-state index in [0.717, 1.165) is 16.9 Å². The lowest BCUT2D eigenvalue weighted by Gasteiger charge is -2.44. The second-order valence-corrected chi connectivity index (χ2v) is 7.02. The maximum Gasteiger partial charge on any atom is 0.0403 e. The molecule has 2 aliphatic rings. The number of nitrogens with two attached hydrogens (primary N) is 1. The van der Waals surface area contributed by atoms with Crippen LogP contribution >= 0.6 is 15.9 Å². The van der Waals surface area contributed by atoms with Gasteiger partial charge in [0.2, 0.25) is 0 Å². The van der Waals surface area contributed by atoms with E-state index >= 15 is 0 Å². The first-order chi connectivity index (χ1) is 9.69. The second-order valence-electron chi connectivity index (χ2n) is 6.10. The smallest absolute Gasteiger partial charge is 0.0403 e. The van der Waals surface area contributed by atoms with Gasteiger partial charge in [0.25, 0.3) is 0 Å². The summed E-state index contributed by atoms with van der Waals surface area (Å²) in [6, 6.07) is 7.98. The van der Waals surface area contributed by atoms with Crippen LogP contribution in [0.1, 0.15) is 25.3 Å². The van der Waals surface area contributed by atoms with Gasteiger partial charge in [-0.15, -0.1) is 0 Å². The third-order valence-corrected chi connectivity index (χ3v) is 5.20. The van der Waals surface area contributed by atoms with Crippen molar-refractivity contribution < 1.29 is 0 Å². The van der Waals surface area contributed by atoms with E-state index in [1.165, 1.54) is 43.7 Å². The van der Waals surface area contributed by atoms with Crippen molar-refractivity contribution in [3.8, 4) is 0 Å². The lowest BCUT2D eigenvalue weighted by Crippen LogP contribution is -2.55. The third kappa shape index (κ3) is 2.74. The topological polar surface area (TPSA) is 32.5 Å². The molecule has 3 nitrogen and oxygen atoms in total. The van der Waals surface area contributed by atoms with Gasteiger partial charge in [-0.05, 0) is 63.0 Å². The zero-order valence-corrected chi connectivity index (χ0v) is 13.8. The van der Waals surface area contributed by atoms with Crippen molar-refractivity contribution in [3.63, 3.8) is 0 Å². The molecule has 3 rings (SSSR count). The molecule has 0 aromatic heterocycles. The van der Waals surface area contributed by atoms with Crippen LogP contribution < -0.4 is 10.6 Å². The molecule has 0 saturated carbocycles. The molecule has 0 amide bonds. The minimum atomic E-state index is 0.585. The predicted octanol–water partition coefficient (Wildman–Crippen LogP) is 2.62. The zero-order chi connectivity index (χ0) is 14.1. The van der Waals surface area contributed by atoms with Gasteiger partial charge in [-0.3, -0.25) is 4.90 Å². The summed E-state index contributed by atoms with van der Waals surface area (Å²) in [6.45, 7) is 6.71. The van der Waals surface area contributed by atoms with Gasteiger partial charge in [0.15, 0.2) is 0 Å². The van der Waals surface area contributed by atoms with E-state index in [-0.39, 0.29) is 0 Å². The maximum absolute atomic E-state index is 5.79. The first-order valence-electron chi connectivity index (χ1n) is 7.68. The average molecular weight is 338 g/mol. The summed E-state index contributed by atoms with van der Waals surface area (Å²) in [5.41, 5.74) is 8.55. The van der Waals surface area contributed by atoms with Crippen LogP contribution in [0.3, 0.4) is 0 Å². The van der Waals surface area contributed by atoms with Crippen molar-refractivity contribution in [2.45, 2.75) is 38.3 Å². The zero-order valence-electron chi connectivity index (χ0n) is 12.2. The Balaban J connectivity index is 1.87. The standard InChI is InChI=1S/C16H24BrN3/c1-12-10-19-8-2-3-15(19)11-20(12)16-5-4-14(17)9-13(16)6-7-18/h4-5,9,12,15H,2-3,6-8,10-11,18H2,1H3. The molecule has 1 aromatic rings. The van der Waals surface area contributed by atoms with Gasteiger partial charge >= 0.3 is 0 Å². The summed E-state index contributed by atoms with van der Waals surface area (Å²) >= 11 is 3.58. The third-order valence-electron chi connectivity index (χ3n) is 4.70. The highest BCUT2D eigenvalue weighted by atomic mass is 79.9. The van der Waals surface area contributed by atoms with Gasteiger partial charge in [-0.1, -0.05) is 15.9 Å². The summed E-state index contributed by atoms with van der Waals surface area (Å²) in [5, 5.41) is 0. The minimum absolute atomic E-state index is 0.585. The van der Waals surface area contributed by atoms with Crippen LogP contribution in [-0.2, 0) is 6.42 Å². The van der Waals surface area contributed by atoms with Crippen molar-refractivity contribution in [2.75, 3.05) is 31.1 Å². The Morgan fingerprint density at radius 2 is 2.20 bits per heavy atom. The van der Waals surface area contributed by atoms with Crippen LogP contribution in [0.2, 0.25) is 0 Å². The van der Waals surface area contributed by atoms with Gasteiger partial charge in [0, 0.05) is 35.3 Å². The van der Waals surface area contributed by atoms with Gasteiger partial charge in [-0.25, -0.2) is 0 Å². The Bertz CT molecular complexity index is 477. The predicted molar refractivity (Wildman–Crippen MR) is 88.3 cm³/mol. The molecule has 2 atom stereocenters. The van der Waals surface area contributed by atoms with Crippen molar-refractivity contribution in [2.24, 2.45) is 5.73 Å². The Kier molecular flexibility index (Phi) is 4.34. The molecular formula is C16H24BrN3. The first kappa shape index (κ1) is 14.4. The van der Waals surface area contributed by atoms with Gasteiger partial charge in [0.05, 0.1) is 0 Å². The van der Waals surface area contributed by atoms with Crippen LogP contribution in [0.15, 0.2) is 22.7 Å². The molecule has 2 unspecified atom stereocenters. The maximum atomic E-state index is 5.79. The van der Waals surface area contributed by atoms with E-state index in [1.54, 1.807) is 0 Å². The average Bonchev–Trinajstić information content (AvgIpc) is 2.86. The number of fused-ring (bicyclic) bond motifs is 1. The lowest BCUT2D eigenvalue weighted by molar-refractivity contribution is 0.203. The fourth-order valence-electron chi connectivity index (χ4n) is 3.71. The number of hydrogen-bond donors (Lipinski definition) is 1. The molecule has 1 aromatic carbocycles. The molecule has 2 heterocycles. The highest BCUT2D eigenvalue weighted by molar-refractivity contribution is 9.10. The Morgan fingerprint density at radius 3 is 3.00 bits per heavy atom. The van der Waals surface area contributed by atoms with Crippen LogP contribution in [0.25, 0.3) is 0 Å². The molecule has 2 aliphatic heterocycles. The van der Waals surface area contributed by atoms with Crippen LogP contribution in [0.4, 0.5) is 5.69 Å². The molecule has 110 valence electrons. The minimum Gasteiger partial charge on any atom is -0.366 e. The summed E-state index contributed by atoms with van der Waals surface area (Å²) < 4.78 is 1.15. The van der Waals surface area contributed by atoms with Crippen LogP contribution in [-0.4, -0.2) is 43.2 Å². The van der Waals surface area contributed by atoms with E-state index in [1.807, 2.05) is 0 Å². The number of hydrogen-bond acceptors (Lipinski definition) is 3. The largest absolute Gasteiger partial charge is 0.366 e. The summed E-state index contributed by atoms with van der Waals surface area (Å²) in [5.74, 6) is 0. The molecule has 0 bridgehead atoms. The molecule has 2 fully saturated rings. The monoisotopic (exact) mass is 337 g/mol. The summed E-state index contributed by atoms with van der Waals surface area (Å²) in [6.07, 6.45) is 3.67. The highest BCUT2D eigenvalue weighted by Crippen LogP contribution is 2.32. The SMILES string of the molecule is CC1CN2CCCC2CN1c1ccc(Br)cc1CCN. The number of anilines is 1. The Hall–Kier alpha value is -0.580. The van der Waals surface area contributed by atoms with E-state index in [2.05, 4.69) is 50.9 Å². The van der Waals surface area contributed by atoms with Gasteiger partial charge in [0.1, 0.15) is 0 Å². The van der Waals surface area contributed by atoms with Crippen molar-refractivity contribution in [3.05, 3.63) is 28.2 Å². The van der Waals surface area contributed by atoms with E-state index in [9.17, 15) is 0 Å². The molecule has 4 heteroatoms. The molecule has 20 heavy (non-hydrogen) atoms. The Labute approximate surface area is 130 Å². The molecular weight excluding hydrogens is 314 g/mol. The summed E-state index contributed by atoms with van der Waals surface area (Å²) in [4.78, 5) is 5.27. The fraction of sp³-hybridized carbons (Fsp3) is 0.625. The number of nitrogens with zero attached hydrogens (tertiary/aromatic N) is 2. The molecule has 0 aliphatic carbocycles. The number of benzene rings is 1. The quantitative estimate of drug-likeness (QED) is 0.920. The van der Waals surface area contributed by atoms with Crippen LogP contribution in [0.5, 0.6) is 0 Å². The van der Waals surface area contributed by atoms with Crippen molar-refractivity contribution >= 4 is 21.6 Å². The number of halogens is 1.